The molecule has 2 aromatic heterocycles. The van der Waals surface area contributed by atoms with Gasteiger partial charge in [-0.15, -0.1) is 0 Å². The lowest BCUT2D eigenvalue weighted by Gasteiger charge is -2.42. The highest BCUT2D eigenvalue weighted by atomic mass is 16.5. The van der Waals surface area contributed by atoms with Crippen LogP contribution in [0.3, 0.4) is 0 Å². The number of rotatable bonds is 12. The lowest BCUT2D eigenvalue weighted by atomic mass is 9.84. The molecule has 0 aliphatic carbocycles. The number of hydrogen-bond acceptors (Lipinski definition) is 11. The molecule has 0 spiro atoms. The number of aldehydes is 1. The van der Waals surface area contributed by atoms with Crippen LogP contribution in [0.5, 0.6) is 5.75 Å². The fourth-order valence-corrected chi connectivity index (χ4v) is 10.3. The Labute approximate surface area is 398 Å². The van der Waals surface area contributed by atoms with Crippen molar-refractivity contribution < 1.29 is 43.7 Å². The third-order valence-electron chi connectivity index (χ3n) is 13.7. The number of aliphatic hydroxyl groups is 1. The third-order valence-corrected chi connectivity index (χ3v) is 13.7. The number of hydrogen-bond donors (Lipinski definition) is 4. The van der Waals surface area contributed by atoms with Crippen LogP contribution in [0.25, 0.3) is 33.4 Å². The van der Waals surface area contributed by atoms with Gasteiger partial charge in [-0.1, -0.05) is 58.5 Å². The van der Waals surface area contributed by atoms with Crippen LogP contribution in [0.1, 0.15) is 70.6 Å². The van der Waals surface area contributed by atoms with Gasteiger partial charge in [0.15, 0.2) is 5.60 Å². The highest BCUT2D eigenvalue weighted by molar-refractivity contribution is 5.96. The van der Waals surface area contributed by atoms with E-state index in [1.54, 1.807) is 27.0 Å². The van der Waals surface area contributed by atoms with Gasteiger partial charge in [-0.3, -0.25) is 29.2 Å². The highest BCUT2D eigenvalue weighted by Gasteiger charge is 2.48. The maximum atomic E-state index is 14.9. The van der Waals surface area contributed by atoms with Crippen LogP contribution in [-0.2, 0) is 59.3 Å². The normalized spacial score (nSPS) is 22.4. The third kappa shape index (κ3) is 10.2. The molecule has 1 unspecified atom stereocenters. The van der Waals surface area contributed by atoms with Gasteiger partial charge < -0.3 is 44.2 Å². The number of amides is 4. The second-order valence-corrected chi connectivity index (χ2v) is 19.9. The summed E-state index contributed by atoms with van der Waals surface area (Å²) in [5.41, 5.74) is 6.63. The minimum Gasteiger partial charge on any atom is -0.508 e. The number of fused-ring (bicyclic) bond motifs is 6. The predicted molar refractivity (Wildman–Crippen MR) is 258 cm³/mol. The standard InChI is InChI=1S/C52H67N7O9/c1-9-44(62)57-20-18-52(66,29-57)49(65)56(7)45(33(3)4)47(63)54-42-24-34-22-36(25-37(61)23-34)41-26-39-40(27-50(5,6)31-68-32-51(30-60)17-13-19-59(55-51)48(42)64)46(58(10-2)43(39)28-53-41)38-15-12-11-14-35(38)16-21-67-8/h9,11-12,14-15,22-23,25-26,28,30,33,42,45,55,61,66H,1,10,13,16-21,24,27,29,31-32H2,2-8H3,(H,54,63)/t42-,45-,51?,52+/m0/s1. The zero-order valence-corrected chi connectivity index (χ0v) is 40.5. The van der Waals surface area contributed by atoms with E-state index in [1.807, 2.05) is 30.5 Å². The van der Waals surface area contributed by atoms with Crippen molar-refractivity contribution in [2.24, 2.45) is 11.3 Å². The fraction of sp³-hybridized carbons (Fsp3) is 0.500. The number of benzene rings is 2. The van der Waals surface area contributed by atoms with Crippen LogP contribution in [0.15, 0.2) is 67.4 Å². The Bertz CT molecular complexity index is 2570. The van der Waals surface area contributed by atoms with Crippen molar-refractivity contribution in [3.63, 3.8) is 0 Å². The second kappa shape index (κ2) is 20.3. The molecule has 0 saturated carbocycles. The number of ether oxygens (including phenoxy) is 2. The van der Waals surface area contributed by atoms with E-state index in [1.165, 1.54) is 27.9 Å². The summed E-state index contributed by atoms with van der Waals surface area (Å²) >= 11 is 0. The van der Waals surface area contributed by atoms with E-state index in [-0.39, 0.29) is 51.4 Å². The number of hydrazine groups is 1. The maximum absolute atomic E-state index is 14.9. The Hall–Kier alpha value is -5.94. The number of phenols is 1. The molecule has 2 aromatic carbocycles. The molecule has 2 fully saturated rings. The first-order chi connectivity index (χ1) is 32.4. The Morgan fingerprint density at radius 3 is 2.59 bits per heavy atom. The molecule has 2 saturated heterocycles. The molecule has 7 rings (SSSR count). The topological polar surface area (TPSA) is 196 Å². The molecule has 68 heavy (non-hydrogen) atoms. The Morgan fingerprint density at radius 1 is 1.12 bits per heavy atom. The van der Waals surface area contributed by atoms with Crippen molar-refractivity contribution in [1.29, 1.82) is 0 Å². The summed E-state index contributed by atoms with van der Waals surface area (Å²) in [5, 5.41) is 28.1. The van der Waals surface area contributed by atoms with E-state index in [0.717, 1.165) is 52.1 Å². The second-order valence-electron chi connectivity index (χ2n) is 19.9. The van der Waals surface area contributed by atoms with Crippen LogP contribution in [0.4, 0.5) is 0 Å². The Balaban J connectivity index is 1.32. The van der Waals surface area contributed by atoms with Gasteiger partial charge in [-0.2, -0.15) is 0 Å². The molecule has 4 aromatic rings. The van der Waals surface area contributed by atoms with Gasteiger partial charge in [0.1, 0.15) is 29.7 Å². The number of carbonyl (C=O) groups is 5. The summed E-state index contributed by atoms with van der Waals surface area (Å²) in [6.07, 6.45) is 5.85. The lowest BCUT2D eigenvalue weighted by molar-refractivity contribution is -0.156. The van der Waals surface area contributed by atoms with E-state index >= 15 is 0 Å². The van der Waals surface area contributed by atoms with Crippen LogP contribution >= 0.6 is 0 Å². The number of nitrogens with zero attached hydrogens (tertiary/aromatic N) is 5. The first-order valence-electron chi connectivity index (χ1n) is 23.6. The number of phenolic OH excluding ortho intramolecular Hbond substituents is 1. The van der Waals surface area contributed by atoms with Crippen molar-refractivity contribution in [3.8, 4) is 28.3 Å². The van der Waals surface area contributed by atoms with E-state index in [0.29, 0.717) is 49.2 Å². The van der Waals surface area contributed by atoms with Crippen LogP contribution in [0, 0.1) is 11.3 Å². The molecule has 3 aliphatic heterocycles. The van der Waals surface area contributed by atoms with Gasteiger partial charge in [-0.25, -0.2) is 5.43 Å². The maximum Gasteiger partial charge on any atom is 0.259 e. The molecule has 5 heterocycles. The van der Waals surface area contributed by atoms with Crippen molar-refractivity contribution >= 4 is 40.8 Å². The molecule has 0 radical (unpaired) electrons. The van der Waals surface area contributed by atoms with Crippen LogP contribution in [-0.4, -0.2) is 141 Å². The van der Waals surface area contributed by atoms with E-state index in [2.05, 4.69) is 54.8 Å². The SMILES string of the molecule is C=CC(=O)N1CC[C@](O)(C(=O)N(C)[C@H](C(=O)N[C@H]2Cc3cc(O)cc(c3)-c3cc4c(c(-c5ccccc5CCOC)n(CC)c4cn3)CC(C)(C)COCC3(C=O)CCCN(N3)C2=O)C(C)C)C1. The number of methoxy groups -OCH3 is 1. The van der Waals surface area contributed by atoms with Gasteiger partial charge in [-0.05, 0) is 91.0 Å². The molecule has 364 valence electrons. The molecule has 4 atom stereocenters. The smallest absolute Gasteiger partial charge is 0.259 e. The molecular formula is C52H67N7O9. The predicted octanol–water partition coefficient (Wildman–Crippen LogP) is 4.61. The zero-order valence-electron chi connectivity index (χ0n) is 40.5. The molecule has 3 aliphatic rings. The first kappa shape index (κ1) is 50.0. The number of nitrogens with one attached hydrogen (secondary N) is 2. The Kier molecular flexibility index (Phi) is 14.9. The molecule has 16 nitrogen and oxygen atoms in total. The van der Waals surface area contributed by atoms with E-state index in [9.17, 15) is 34.2 Å². The average molecular weight is 934 g/mol. The zero-order chi connectivity index (χ0) is 49.1. The Morgan fingerprint density at radius 2 is 1.88 bits per heavy atom. The van der Waals surface area contributed by atoms with Crippen molar-refractivity contribution in [2.45, 2.75) is 103 Å². The van der Waals surface area contributed by atoms with Crippen molar-refractivity contribution in [1.82, 2.24) is 35.1 Å². The summed E-state index contributed by atoms with van der Waals surface area (Å²) in [4.78, 5) is 76.4. The number of aromatic nitrogens is 2. The number of likely N-dealkylation sites (tertiary alicyclic amines) is 1. The highest BCUT2D eigenvalue weighted by Crippen LogP contribution is 2.41. The largest absolute Gasteiger partial charge is 0.508 e. The average Bonchev–Trinajstić information content (AvgIpc) is 3.86. The van der Waals surface area contributed by atoms with E-state index < -0.39 is 58.2 Å². The molecular weight excluding hydrogens is 867 g/mol. The molecule has 4 amide bonds. The first-order valence-corrected chi connectivity index (χ1v) is 23.6. The minimum atomic E-state index is -1.94. The molecule has 4 N–H and O–H groups in total. The van der Waals surface area contributed by atoms with E-state index in [4.69, 9.17) is 14.5 Å². The number of β-amino-alcohol motifs (C(OH)–C–C–N with tert-alkyl or cyclic N) is 1. The summed E-state index contributed by atoms with van der Waals surface area (Å²) in [5.74, 6) is -2.90. The summed E-state index contributed by atoms with van der Waals surface area (Å²) < 4.78 is 14.3. The van der Waals surface area contributed by atoms with Crippen molar-refractivity contribution in [3.05, 3.63) is 84.1 Å². The minimum absolute atomic E-state index is 0.0186. The van der Waals surface area contributed by atoms with Gasteiger partial charge in [0, 0.05) is 63.1 Å². The lowest BCUT2D eigenvalue weighted by Crippen LogP contribution is -2.66. The van der Waals surface area contributed by atoms with Crippen LogP contribution in [0.2, 0.25) is 0 Å². The van der Waals surface area contributed by atoms with Gasteiger partial charge in [0.25, 0.3) is 11.8 Å². The van der Waals surface area contributed by atoms with Crippen LogP contribution < -0.4 is 10.7 Å². The number of pyridine rings is 1. The molecule has 16 heteroatoms. The fourth-order valence-electron chi connectivity index (χ4n) is 10.3. The van der Waals surface area contributed by atoms with Crippen molar-refractivity contribution in [2.75, 3.05) is 53.6 Å². The quantitative estimate of drug-likeness (QED) is 0.115. The number of carbonyl (C=O) groups excluding carboxylic acids is 5. The summed E-state index contributed by atoms with van der Waals surface area (Å²) in [6, 6.07) is 13.0. The molecule has 6 bridgehead atoms. The van der Waals surface area contributed by atoms with Gasteiger partial charge >= 0.3 is 0 Å². The van der Waals surface area contributed by atoms with Gasteiger partial charge in [0.05, 0.1) is 49.5 Å². The number of likely N-dealkylation sites (N-methyl/N-ethyl adjacent to an activating group) is 1. The monoisotopic (exact) mass is 934 g/mol. The van der Waals surface area contributed by atoms with Gasteiger partial charge in [0.2, 0.25) is 11.8 Å². The summed E-state index contributed by atoms with van der Waals surface area (Å²) in [7, 11) is 3.13. The number of aryl methyl sites for hydroxylation is 1. The number of aromatic hydroxyl groups is 1. The summed E-state index contributed by atoms with van der Waals surface area (Å²) in [6.45, 7) is 15.0.